The molecule has 0 aliphatic heterocycles. The van der Waals surface area contributed by atoms with E-state index in [9.17, 15) is 25.0 Å². The second-order valence-electron chi connectivity index (χ2n) is 4.77. The lowest BCUT2D eigenvalue weighted by Crippen LogP contribution is -2.24. The van der Waals surface area contributed by atoms with Crippen molar-refractivity contribution in [2.75, 3.05) is 6.54 Å². The van der Waals surface area contributed by atoms with Gasteiger partial charge >= 0.3 is 0 Å². The van der Waals surface area contributed by atoms with Crippen molar-refractivity contribution in [3.63, 3.8) is 0 Å². The van der Waals surface area contributed by atoms with Crippen molar-refractivity contribution < 1.29 is 14.6 Å². The fourth-order valence-electron chi connectivity index (χ4n) is 2.21. The maximum absolute atomic E-state index is 12.3. The third kappa shape index (κ3) is 3.43. The molecule has 0 saturated heterocycles. The number of carbonyl (C=O) groups is 1. The molecule has 2 aromatic carbocycles. The van der Waals surface area contributed by atoms with E-state index >= 15 is 0 Å². The van der Waals surface area contributed by atoms with Gasteiger partial charge in [-0.25, -0.2) is 0 Å². The zero-order chi connectivity index (χ0) is 17.7. The lowest BCUT2D eigenvalue weighted by Gasteiger charge is -2.10. The van der Waals surface area contributed by atoms with E-state index in [1.165, 1.54) is 6.08 Å². The third-order valence-corrected chi connectivity index (χ3v) is 3.22. The molecule has 0 heterocycles. The van der Waals surface area contributed by atoms with Gasteiger partial charge in [0.15, 0.2) is 0 Å². The molecule has 8 heteroatoms. The van der Waals surface area contributed by atoms with Crippen molar-refractivity contribution in [1.29, 1.82) is 0 Å². The van der Waals surface area contributed by atoms with Crippen LogP contribution in [0.1, 0.15) is 10.4 Å². The number of nitrogens with one attached hydrogen (secondary N) is 1. The molecule has 0 spiro atoms. The number of carbonyl (C=O) groups excluding carboxylic acids is 1. The van der Waals surface area contributed by atoms with Crippen LogP contribution < -0.4 is 5.32 Å². The summed E-state index contributed by atoms with van der Waals surface area (Å²) in [5.41, 5.74) is -0.705. The Hall–Kier alpha value is -3.55. The van der Waals surface area contributed by atoms with E-state index in [1.54, 1.807) is 30.3 Å². The first-order chi connectivity index (χ1) is 11.5. The first-order valence-electron chi connectivity index (χ1n) is 6.87. The Morgan fingerprint density at radius 2 is 1.79 bits per heavy atom. The number of benzene rings is 2. The van der Waals surface area contributed by atoms with Gasteiger partial charge in [-0.2, -0.15) is 0 Å². The highest BCUT2D eigenvalue weighted by atomic mass is 16.6. The highest BCUT2D eigenvalue weighted by Crippen LogP contribution is 2.36. The van der Waals surface area contributed by atoms with Crippen LogP contribution in [0.4, 0.5) is 11.4 Å². The quantitative estimate of drug-likeness (QED) is 0.497. The van der Waals surface area contributed by atoms with Crippen LogP contribution in [0.25, 0.3) is 11.1 Å². The summed E-state index contributed by atoms with van der Waals surface area (Å²) in [4.78, 5) is 33.3. The molecule has 0 unspecified atom stereocenters. The van der Waals surface area contributed by atoms with Gasteiger partial charge < -0.3 is 5.32 Å². The summed E-state index contributed by atoms with van der Waals surface area (Å²) in [5, 5.41) is 24.9. The predicted octanol–water partition coefficient (Wildman–Crippen LogP) is 3.09. The lowest BCUT2D eigenvalue weighted by atomic mass is 9.96. The minimum absolute atomic E-state index is 0.0350. The predicted molar refractivity (Wildman–Crippen MR) is 87.7 cm³/mol. The van der Waals surface area contributed by atoms with Gasteiger partial charge in [0, 0.05) is 12.6 Å². The molecular formula is C16H13N3O5. The number of hydrogen-bond acceptors (Lipinski definition) is 5. The van der Waals surface area contributed by atoms with Crippen LogP contribution in [0.2, 0.25) is 0 Å². The van der Waals surface area contributed by atoms with Gasteiger partial charge in [-0.3, -0.25) is 25.0 Å². The zero-order valence-electron chi connectivity index (χ0n) is 12.5. The second-order valence-corrected chi connectivity index (χ2v) is 4.77. The van der Waals surface area contributed by atoms with Gasteiger partial charge in [0.05, 0.1) is 27.0 Å². The van der Waals surface area contributed by atoms with Crippen LogP contribution in [0.5, 0.6) is 0 Å². The number of non-ortho nitro benzene ring substituents is 1. The standard InChI is InChI=1S/C16H13N3O5/c1-2-8-17-16(20)13-9-12(18(21)22)10-14(19(23)24)15(13)11-6-4-3-5-7-11/h2-7,9-10H,1,8H2,(H,17,20). The number of amides is 1. The Kier molecular flexibility index (Phi) is 5.00. The van der Waals surface area contributed by atoms with Gasteiger partial charge in [0.2, 0.25) is 0 Å². The zero-order valence-corrected chi connectivity index (χ0v) is 12.5. The van der Waals surface area contributed by atoms with Gasteiger partial charge in [-0.1, -0.05) is 36.4 Å². The van der Waals surface area contributed by atoms with Crippen LogP contribution in [0.3, 0.4) is 0 Å². The van der Waals surface area contributed by atoms with E-state index in [0.717, 1.165) is 12.1 Å². The molecule has 8 nitrogen and oxygen atoms in total. The first kappa shape index (κ1) is 16.8. The van der Waals surface area contributed by atoms with Crippen molar-refractivity contribution >= 4 is 17.3 Å². The largest absolute Gasteiger partial charge is 0.349 e. The summed E-state index contributed by atoms with van der Waals surface area (Å²) in [5.74, 6) is -0.652. The van der Waals surface area contributed by atoms with Crippen LogP contribution in [-0.2, 0) is 0 Å². The number of nitrogens with zero attached hydrogens (tertiary/aromatic N) is 2. The molecule has 0 radical (unpaired) electrons. The second kappa shape index (κ2) is 7.14. The van der Waals surface area contributed by atoms with E-state index in [2.05, 4.69) is 11.9 Å². The Balaban J connectivity index is 2.77. The molecule has 0 bridgehead atoms. The molecule has 2 aromatic rings. The molecule has 0 atom stereocenters. The fraction of sp³-hybridized carbons (Fsp3) is 0.0625. The van der Waals surface area contributed by atoms with Gasteiger partial charge in [0.25, 0.3) is 17.3 Å². The summed E-state index contributed by atoms with van der Waals surface area (Å²) in [6, 6.07) is 10.1. The number of hydrogen-bond donors (Lipinski definition) is 1. The Bertz CT molecular complexity index is 818. The van der Waals surface area contributed by atoms with Gasteiger partial charge in [-0.05, 0) is 5.56 Å². The maximum atomic E-state index is 12.3. The minimum Gasteiger partial charge on any atom is -0.349 e. The van der Waals surface area contributed by atoms with E-state index in [1.807, 2.05) is 0 Å². The summed E-state index contributed by atoms with van der Waals surface area (Å²) >= 11 is 0. The Labute approximate surface area is 136 Å². The van der Waals surface area contributed by atoms with Crippen molar-refractivity contribution in [3.05, 3.63) is 80.9 Å². The monoisotopic (exact) mass is 327 g/mol. The molecule has 24 heavy (non-hydrogen) atoms. The highest BCUT2D eigenvalue weighted by molar-refractivity contribution is 6.04. The Morgan fingerprint density at radius 1 is 1.12 bits per heavy atom. The van der Waals surface area contributed by atoms with E-state index in [-0.39, 0.29) is 17.7 Å². The fourth-order valence-corrected chi connectivity index (χ4v) is 2.21. The van der Waals surface area contributed by atoms with Gasteiger partial charge in [-0.15, -0.1) is 6.58 Å². The third-order valence-electron chi connectivity index (χ3n) is 3.22. The van der Waals surface area contributed by atoms with Crippen LogP contribution in [0, 0.1) is 20.2 Å². The maximum Gasteiger partial charge on any atom is 0.284 e. The summed E-state index contributed by atoms with van der Waals surface area (Å²) in [6.45, 7) is 3.60. The molecule has 0 saturated carbocycles. The lowest BCUT2D eigenvalue weighted by molar-refractivity contribution is -0.393. The first-order valence-corrected chi connectivity index (χ1v) is 6.87. The SMILES string of the molecule is C=CCNC(=O)c1cc([N+](=O)[O-])cc([N+](=O)[O-])c1-c1ccccc1. The molecule has 1 N–H and O–H groups in total. The average Bonchev–Trinajstić information content (AvgIpc) is 2.59. The Morgan fingerprint density at radius 3 is 2.33 bits per heavy atom. The summed E-state index contributed by atoms with van der Waals surface area (Å²) in [6.07, 6.45) is 1.44. The molecule has 0 fully saturated rings. The van der Waals surface area contributed by atoms with Crippen LogP contribution in [-0.4, -0.2) is 22.3 Å². The van der Waals surface area contributed by atoms with E-state index < -0.39 is 27.1 Å². The minimum atomic E-state index is -0.772. The smallest absolute Gasteiger partial charge is 0.284 e. The molecule has 0 aliphatic rings. The van der Waals surface area contributed by atoms with Crippen molar-refractivity contribution in [2.45, 2.75) is 0 Å². The molecular weight excluding hydrogens is 314 g/mol. The van der Waals surface area contributed by atoms with Crippen LogP contribution >= 0.6 is 0 Å². The van der Waals surface area contributed by atoms with E-state index in [4.69, 9.17) is 0 Å². The summed E-state index contributed by atoms with van der Waals surface area (Å²) in [7, 11) is 0. The highest BCUT2D eigenvalue weighted by Gasteiger charge is 2.28. The average molecular weight is 327 g/mol. The number of nitro groups is 2. The van der Waals surface area contributed by atoms with Crippen molar-refractivity contribution in [2.24, 2.45) is 0 Å². The van der Waals surface area contributed by atoms with E-state index in [0.29, 0.717) is 5.56 Å². The number of nitro benzene ring substituents is 2. The van der Waals surface area contributed by atoms with Crippen molar-refractivity contribution in [1.82, 2.24) is 5.32 Å². The van der Waals surface area contributed by atoms with Crippen molar-refractivity contribution in [3.8, 4) is 11.1 Å². The normalized spacial score (nSPS) is 10.0. The molecule has 0 aromatic heterocycles. The molecule has 1 amide bonds. The summed E-state index contributed by atoms with van der Waals surface area (Å²) < 4.78 is 0. The molecule has 0 aliphatic carbocycles. The topological polar surface area (TPSA) is 115 Å². The number of rotatable bonds is 6. The molecule has 2 rings (SSSR count). The van der Waals surface area contributed by atoms with Gasteiger partial charge in [0.1, 0.15) is 0 Å². The van der Waals surface area contributed by atoms with Crippen LogP contribution in [0.15, 0.2) is 55.1 Å². The molecule has 122 valence electrons.